The van der Waals surface area contributed by atoms with Gasteiger partial charge in [0, 0.05) is 24.4 Å². The third-order valence-corrected chi connectivity index (χ3v) is 3.03. The van der Waals surface area contributed by atoms with E-state index in [4.69, 9.17) is 5.73 Å². The molecule has 0 aromatic heterocycles. The predicted octanol–water partition coefficient (Wildman–Crippen LogP) is 3.16. The van der Waals surface area contributed by atoms with Crippen molar-refractivity contribution in [3.05, 3.63) is 78.0 Å². The molecule has 0 aliphatic heterocycles. The predicted molar refractivity (Wildman–Crippen MR) is 89.1 cm³/mol. The maximum absolute atomic E-state index is 9.57. The van der Waals surface area contributed by atoms with Crippen molar-refractivity contribution in [2.24, 2.45) is 5.73 Å². The molecule has 0 spiro atoms. The molecule has 0 aliphatic carbocycles. The van der Waals surface area contributed by atoms with Crippen molar-refractivity contribution < 1.29 is 0 Å². The molecule has 0 saturated heterocycles. The van der Waals surface area contributed by atoms with Crippen molar-refractivity contribution in [3.8, 4) is 6.07 Å². The summed E-state index contributed by atoms with van der Waals surface area (Å²) in [6.07, 6.45) is 3.68. The van der Waals surface area contributed by atoms with Crippen LogP contribution >= 0.6 is 0 Å². The van der Waals surface area contributed by atoms with Gasteiger partial charge in [-0.15, -0.1) is 0 Å². The second-order valence-corrected chi connectivity index (χ2v) is 4.37. The number of hydrogen-bond donors (Lipinski definition) is 2. The Morgan fingerprint density at radius 2 is 2.05 bits per heavy atom. The summed E-state index contributed by atoms with van der Waals surface area (Å²) in [5.41, 5.74) is 9.24. The number of benzene rings is 1. The van der Waals surface area contributed by atoms with Crippen LogP contribution in [0.1, 0.15) is 12.5 Å². The number of nitrogens with two attached hydrogens (primary N) is 1. The van der Waals surface area contributed by atoms with Crippen molar-refractivity contribution in [2.45, 2.75) is 6.92 Å². The lowest BCUT2D eigenvalue weighted by atomic mass is 9.92. The molecule has 108 valence electrons. The third kappa shape index (κ3) is 4.20. The fraction of sp³-hybridized carbons (Fsp3) is 0.167. The van der Waals surface area contributed by atoms with Gasteiger partial charge in [-0.3, -0.25) is 0 Å². The Labute approximate surface area is 126 Å². The van der Waals surface area contributed by atoms with E-state index in [9.17, 15) is 5.26 Å². The van der Waals surface area contributed by atoms with Gasteiger partial charge in [-0.05, 0) is 18.1 Å². The molecule has 0 radical (unpaired) electrons. The third-order valence-electron chi connectivity index (χ3n) is 3.03. The van der Waals surface area contributed by atoms with Crippen molar-refractivity contribution in [3.63, 3.8) is 0 Å². The molecular weight excluding hydrogens is 258 g/mol. The first-order chi connectivity index (χ1) is 10.2. The van der Waals surface area contributed by atoms with Gasteiger partial charge in [0.05, 0.1) is 5.57 Å². The van der Waals surface area contributed by atoms with E-state index in [2.05, 4.69) is 24.5 Å². The van der Waals surface area contributed by atoms with E-state index < -0.39 is 0 Å². The van der Waals surface area contributed by atoms with Crippen LogP contribution in [0.3, 0.4) is 0 Å². The Bertz CT molecular complexity index is 601. The summed E-state index contributed by atoms with van der Waals surface area (Å²) in [5.74, 6) is 0. The second kappa shape index (κ2) is 8.57. The molecule has 0 heterocycles. The molecule has 3 heteroatoms. The summed E-state index contributed by atoms with van der Waals surface area (Å²) in [7, 11) is 0. The summed E-state index contributed by atoms with van der Waals surface area (Å²) in [5, 5.41) is 12.6. The lowest BCUT2D eigenvalue weighted by Crippen LogP contribution is -2.22. The highest BCUT2D eigenvalue weighted by atomic mass is 14.9. The van der Waals surface area contributed by atoms with Crippen molar-refractivity contribution in [1.29, 1.82) is 5.26 Å². The first-order valence-corrected chi connectivity index (χ1v) is 6.81. The van der Waals surface area contributed by atoms with Gasteiger partial charge >= 0.3 is 0 Å². The highest BCUT2D eigenvalue weighted by molar-refractivity contribution is 5.88. The average molecular weight is 279 g/mol. The van der Waals surface area contributed by atoms with Gasteiger partial charge in [0.25, 0.3) is 0 Å². The van der Waals surface area contributed by atoms with Crippen LogP contribution in [0, 0.1) is 11.3 Å². The Morgan fingerprint density at radius 1 is 1.38 bits per heavy atom. The number of rotatable bonds is 7. The van der Waals surface area contributed by atoms with Gasteiger partial charge in [0.2, 0.25) is 0 Å². The topological polar surface area (TPSA) is 61.8 Å². The van der Waals surface area contributed by atoms with E-state index in [1.165, 1.54) is 0 Å². The lowest BCUT2D eigenvalue weighted by Gasteiger charge is -2.15. The number of nitrogens with zero attached hydrogens (tertiary/aromatic N) is 1. The van der Waals surface area contributed by atoms with Crippen LogP contribution in [0.2, 0.25) is 0 Å². The summed E-state index contributed by atoms with van der Waals surface area (Å²) < 4.78 is 0. The summed E-state index contributed by atoms with van der Waals surface area (Å²) >= 11 is 0. The molecule has 0 atom stereocenters. The van der Waals surface area contributed by atoms with Crippen LogP contribution in [0.25, 0.3) is 5.57 Å². The van der Waals surface area contributed by atoms with Crippen LogP contribution in [0.4, 0.5) is 0 Å². The van der Waals surface area contributed by atoms with Gasteiger partial charge in [0.1, 0.15) is 6.07 Å². The highest BCUT2D eigenvalue weighted by Crippen LogP contribution is 2.29. The van der Waals surface area contributed by atoms with E-state index in [1.807, 2.05) is 43.3 Å². The smallest absolute Gasteiger partial charge is 0.102 e. The number of hydrogen-bond acceptors (Lipinski definition) is 3. The average Bonchev–Trinajstić information content (AvgIpc) is 2.53. The molecular formula is C18H21N3. The minimum Gasteiger partial charge on any atom is -0.383 e. The van der Waals surface area contributed by atoms with Crippen molar-refractivity contribution in [2.75, 3.05) is 13.1 Å². The fourth-order valence-corrected chi connectivity index (χ4v) is 2.01. The van der Waals surface area contributed by atoms with Gasteiger partial charge in [-0.2, -0.15) is 5.26 Å². The summed E-state index contributed by atoms with van der Waals surface area (Å²) in [4.78, 5) is 0. The standard InChI is InChI=1S/C18H21N3/c1-4-15(5-2)18(16-9-7-6-8-10-16)17(13-20)14(3)21-12-11-19/h4-10,21H,1,3,11-12,19H2,2H3/b15-5+,18-17-. The summed E-state index contributed by atoms with van der Waals surface area (Å²) in [6, 6.07) is 12.0. The van der Waals surface area contributed by atoms with Crippen LogP contribution < -0.4 is 11.1 Å². The fourth-order valence-electron chi connectivity index (χ4n) is 2.01. The van der Waals surface area contributed by atoms with Gasteiger partial charge in [0.15, 0.2) is 0 Å². The van der Waals surface area contributed by atoms with Crippen molar-refractivity contribution in [1.82, 2.24) is 5.32 Å². The second-order valence-electron chi connectivity index (χ2n) is 4.37. The van der Waals surface area contributed by atoms with Crippen LogP contribution in [0.15, 0.2) is 72.5 Å². The highest BCUT2D eigenvalue weighted by Gasteiger charge is 2.14. The number of nitrogens with one attached hydrogen (secondary N) is 1. The monoisotopic (exact) mass is 279 g/mol. The molecule has 0 fully saturated rings. The Kier molecular flexibility index (Phi) is 6.73. The quantitative estimate of drug-likeness (QED) is 0.595. The largest absolute Gasteiger partial charge is 0.383 e. The molecule has 1 aromatic carbocycles. The first-order valence-electron chi connectivity index (χ1n) is 6.81. The molecule has 21 heavy (non-hydrogen) atoms. The zero-order valence-electron chi connectivity index (χ0n) is 12.4. The zero-order valence-corrected chi connectivity index (χ0v) is 12.4. The maximum atomic E-state index is 9.57. The van der Waals surface area contributed by atoms with E-state index in [-0.39, 0.29) is 0 Å². The molecule has 0 aliphatic rings. The zero-order chi connectivity index (χ0) is 15.7. The molecule has 0 saturated carbocycles. The van der Waals surface area contributed by atoms with Gasteiger partial charge in [-0.1, -0.05) is 55.6 Å². The van der Waals surface area contributed by atoms with Crippen LogP contribution in [0.5, 0.6) is 0 Å². The molecule has 1 rings (SSSR count). The van der Waals surface area contributed by atoms with Gasteiger partial charge in [-0.25, -0.2) is 0 Å². The van der Waals surface area contributed by atoms with Crippen LogP contribution in [-0.4, -0.2) is 13.1 Å². The number of allylic oxidation sites excluding steroid dienone is 5. The molecule has 3 nitrogen and oxygen atoms in total. The Hall–Kier alpha value is -2.57. The lowest BCUT2D eigenvalue weighted by molar-refractivity contribution is 0.812. The first kappa shape index (κ1) is 16.5. The molecule has 1 aromatic rings. The molecule has 0 amide bonds. The SMILES string of the molecule is C=CC(=C\C)/C(=C(\C#N)C(=C)NCCN)c1ccccc1. The van der Waals surface area contributed by atoms with Crippen LogP contribution in [-0.2, 0) is 0 Å². The Balaban J connectivity index is 3.46. The molecule has 0 unspecified atom stereocenters. The maximum Gasteiger partial charge on any atom is 0.102 e. The van der Waals surface area contributed by atoms with Crippen molar-refractivity contribution >= 4 is 5.57 Å². The normalized spacial score (nSPS) is 12.1. The van der Waals surface area contributed by atoms with E-state index in [0.29, 0.717) is 24.4 Å². The minimum absolute atomic E-state index is 0.482. The Morgan fingerprint density at radius 3 is 2.52 bits per heavy atom. The minimum atomic E-state index is 0.482. The van der Waals surface area contributed by atoms with E-state index in [0.717, 1.165) is 16.7 Å². The number of nitriles is 1. The van der Waals surface area contributed by atoms with E-state index in [1.54, 1.807) is 6.08 Å². The molecule has 0 bridgehead atoms. The van der Waals surface area contributed by atoms with Gasteiger partial charge < -0.3 is 11.1 Å². The van der Waals surface area contributed by atoms with E-state index >= 15 is 0 Å². The molecule has 3 N–H and O–H groups in total. The summed E-state index contributed by atoms with van der Waals surface area (Å²) in [6.45, 7) is 10.8.